The number of esters is 1. The first kappa shape index (κ1) is 11.7. The van der Waals surface area contributed by atoms with Crippen molar-refractivity contribution in [2.75, 3.05) is 0 Å². The highest BCUT2D eigenvalue weighted by Crippen LogP contribution is 2.02. The van der Waals surface area contributed by atoms with Crippen LogP contribution < -0.4 is 5.73 Å². The molecule has 1 rings (SSSR count). The Kier molecular flexibility index (Phi) is 4.31. The molecule has 3 nitrogen and oxygen atoms in total. The Balaban J connectivity index is 2.49. The van der Waals surface area contributed by atoms with Crippen LogP contribution in [0.5, 0.6) is 0 Å². The second kappa shape index (κ2) is 5.51. The Labute approximate surface area is 90.2 Å². The lowest BCUT2D eigenvalue weighted by Gasteiger charge is -2.11. The van der Waals surface area contributed by atoms with Gasteiger partial charge in [0.15, 0.2) is 6.04 Å². The minimum absolute atomic E-state index is 0.0717. The first-order chi connectivity index (χ1) is 7.09. The van der Waals surface area contributed by atoms with Gasteiger partial charge in [0, 0.05) is 6.42 Å². The van der Waals surface area contributed by atoms with Crippen LogP contribution in [-0.4, -0.2) is 18.1 Å². The summed E-state index contributed by atoms with van der Waals surface area (Å²) < 4.78 is 5.08. The number of quaternary nitrogens is 1. The highest BCUT2D eigenvalue weighted by molar-refractivity contribution is 5.74. The molecule has 0 fully saturated rings. The normalized spacial score (nSPS) is 12.5. The fourth-order valence-corrected chi connectivity index (χ4v) is 1.31. The molecular formula is C12H18NO2+. The minimum atomic E-state index is -0.324. The fraction of sp³-hybridized carbons (Fsp3) is 0.417. The van der Waals surface area contributed by atoms with Crippen LogP contribution in [0.2, 0.25) is 0 Å². The van der Waals surface area contributed by atoms with Crippen LogP contribution >= 0.6 is 0 Å². The van der Waals surface area contributed by atoms with Crippen LogP contribution in [0, 0.1) is 0 Å². The maximum absolute atomic E-state index is 11.5. The van der Waals surface area contributed by atoms with Gasteiger partial charge in [0.05, 0.1) is 6.10 Å². The molecular weight excluding hydrogens is 190 g/mol. The van der Waals surface area contributed by atoms with Crippen molar-refractivity contribution in [3.63, 3.8) is 0 Å². The summed E-state index contributed by atoms with van der Waals surface area (Å²) in [6, 6.07) is 9.51. The first-order valence-corrected chi connectivity index (χ1v) is 5.17. The molecule has 0 amide bonds. The lowest BCUT2D eigenvalue weighted by atomic mass is 10.1. The summed E-state index contributed by atoms with van der Waals surface area (Å²) in [5, 5.41) is 0. The third-order valence-electron chi connectivity index (χ3n) is 2.01. The van der Waals surface area contributed by atoms with E-state index < -0.39 is 0 Å². The maximum atomic E-state index is 11.5. The Morgan fingerprint density at radius 2 is 1.93 bits per heavy atom. The SMILES string of the molecule is CC(C)OC(=O)C([NH3+])Cc1ccccc1. The lowest BCUT2D eigenvalue weighted by Crippen LogP contribution is -2.66. The molecule has 0 radical (unpaired) electrons. The molecule has 1 atom stereocenters. The number of hydrogen-bond acceptors (Lipinski definition) is 2. The Morgan fingerprint density at radius 1 is 1.33 bits per heavy atom. The Hall–Kier alpha value is -1.35. The zero-order chi connectivity index (χ0) is 11.3. The maximum Gasteiger partial charge on any atom is 0.365 e. The quantitative estimate of drug-likeness (QED) is 0.744. The topological polar surface area (TPSA) is 53.9 Å². The molecule has 0 saturated heterocycles. The number of hydrogen-bond donors (Lipinski definition) is 1. The molecule has 15 heavy (non-hydrogen) atoms. The molecule has 0 aromatic heterocycles. The second-order valence-corrected chi connectivity index (χ2v) is 3.87. The van der Waals surface area contributed by atoms with E-state index >= 15 is 0 Å². The van der Waals surface area contributed by atoms with E-state index in [0.29, 0.717) is 6.42 Å². The molecule has 1 aromatic rings. The largest absolute Gasteiger partial charge is 0.459 e. The highest BCUT2D eigenvalue weighted by Gasteiger charge is 2.20. The van der Waals surface area contributed by atoms with Gasteiger partial charge in [-0.1, -0.05) is 30.3 Å². The van der Waals surface area contributed by atoms with E-state index in [1.54, 1.807) is 0 Å². The van der Waals surface area contributed by atoms with Gasteiger partial charge >= 0.3 is 5.97 Å². The van der Waals surface area contributed by atoms with Gasteiger partial charge < -0.3 is 10.5 Å². The van der Waals surface area contributed by atoms with E-state index in [-0.39, 0.29) is 18.1 Å². The molecule has 0 aliphatic rings. The average molecular weight is 208 g/mol. The Morgan fingerprint density at radius 3 is 2.47 bits per heavy atom. The van der Waals surface area contributed by atoms with Crippen LogP contribution in [0.3, 0.4) is 0 Å². The van der Waals surface area contributed by atoms with Gasteiger partial charge in [-0.3, -0.25) is 0 Å². The molecule has 0 aliphatic carbocycles. The molecule has 0 bridgehead atoms. The van der Waals surface area contributed by atoms with Gasteiger partial charge in [0.25, 0.3) is 0 Å². The second-order valence-electron chi connectivity index (χ2n) is 3.87. The number of rotatable bonds is 4. The van der Waals surface area contributed by atoms with E-state index in [1.165, 1.54) is 0 Å². The van der Waals surface area contributed by atoms with E-state index in [4.69, 9.17) is 4.74 Å². The molecule has 0 spiro atoms. The lowest BCUT2D eigenvalue weighted by molar-refractivity contribution is -0.408. The van der Waals surface area contributed by atoms with Gasteiger partial charge in [0.1, 0.15) is 0 Å². The van der Waals surface area contributed by atoms with Crippen molar-refractivity contribution in [3.05, 3.63) is 35.9 Å². The number of carbonyl (C=O) groups is 1. The van der Waals surface area contributed by atoms with Crippen LogP contribution in [-0.2, 0) is 16.0 Å². The number of benzene rings is 1. The first-order valence-electron chi connectivity index (χ1n) is 5.17. The van der Waals surface area contributed by atoms with Crippen molar-refractivity contribution in [3.8, 4) is 0 Å². The fourth-order valence-electron chi connectivity index (χ4n) is 1.31. The summed E-state index contributed by atoms with van der Waals surface area (Å²) in [4.78, 5) is 11.5. The third-order valence-corrected chi connectivity index (χ3v) is 2.01. The summed E-state index contributed by atoms with van der Waals surface area (Å²) in [7, 11) is 0. The zero-order valence-corrected chi connectivity index (χ0v) is 9.27. The van der Waals surface area contributed by atoms with Gasteiger partial charge in [-0.05, 0) is 19.4 Å². The van der Waals surface area contributed by atoms with Crippen molar-refractivity contribution in [2.24, 2.45) is 0 Å². The smallest absolute Gasteiger partial charge is 0.365 e. The summed E-state index contributed by atoms with van der Waals surface area (Å²) in [5.41, 5.74) is 4.92. The van der Waals surface area contributed by atoms with Crippen molar-refractivity contribution in [1.82, 2.24) is 0 Å². The van der Waals surface area contributed by atoms with E-state index in [0.717, 1.165) is 5.56 Å². The van der Waals surface area contributed by atoms with Crippen LogP contribution in [0.4, 0.5) is 0 Å². The summed E-state index contributed by atoms with van der Waals surface area (Å²) in [5.74, 6) is -0.228. The van der Waals surface area contributed by atoms with Gasteiger partial charge in [0.2, 0.25) is 0 Å². The van der Waals surface area contributed by atoms with Gasteiger partial charge in [-0.15, -0.1) is 0 Å². The van der Waals surface area contributed by atoms with E-state index in [9.17, 15) is 4.79 Å². The van der Waals surface area contributed by atoms with Crippen molar-refractivity contribution < 1.29 is 15.3 Å². The molecule has 0 saturated carbocycles. The van der Waals surface area contributed by atoms with E-state index in [2.05, 4.69) is 5.73 Å². The number of ether oxygens (including phenoxy) is 1. The van der Waals surface area contributed by atoms with E-state index in [1.807, 2.05) is 44.2 Å². The monoisotopic (exact) mass is 208 g/mol. The summed E-state index contributed by atoms with van der Waals surface area (Å²) in [6.45, 7) is 3.68. The van der Waals surface area contributed by atoms with Crippen molar-refractivity contribution in [2.45, 2.75) is 32.4 Å². The molecule has 82 valence electrons. The van der Waals surface area contributed by atoms with Crippen LogP contribution in [0.25, 0.3) is 0 Å². The average Bonchev–Trinajstić information content (AvgIpc) is 2.18. The highest BCUT2D eigenvalue weighted by atomic mass is 16.5. The predicted octanol–water partition coefficient (Wildman–Crippen LogP) is 0.791. The molecule has 0 heterocycles. The molecule has 1 aromatic carbocycles. The molecule has 3 N–H and O–H groups in total. The van der Waals surface area contributed by atoms with Crippen molar-refractivity contribution in [1.29, 1.82) is 0 Å². The summed E-state index contributed by atoms with van der Waals surface area (Å²) in [6.07, 6.45) is 0.560. The predicted molar refractivity (Wildman–Crippen MR) is 58.1 cm³/mol. The van der Waals surface area contributed by atoms with Crippen molar-refractivity contribution >= 4 is 5.97 Å². The molecule has 0 aliphatic heterocycles. The zero-order valence-electron chi connectivity index (χ0n) is 9.27. The van der Waals surface area contributed by atoms with Gasteiger partial charge in [-0.25, -0.2) is 4.79 Å². The molecule has 3 heteroatoms. The van der Waals surface area contributed by atoms with Crippen LogP contribution in [0.1, 0.15) is 19.4 Å². The summed E-state index contributed by atoms with van der Waals surface area (Å²) >= 11 is 0. The number of carbonyl (C=O) groups excluding carboxylic acids is 1. The third kappa shape index (κ3) is 4.13. The van der Waals surface area contributed by atoms with Crippen LogP contribution in [0.15, 0.2) is 30.3 Å². The standard InChI is InChI=1S/C12H17NO2/c1-9(2)15-12(14)11(13)8-10-6-4-3-5-7-10/h3-7,9,11H,8,13H2,1-2H3/p+1. The minimum Gasteiger partial charge on any atom is -0.459 e. The Bertz CT molecular complexity index is 309. The van der Waals surface area contributed by atoms with Gasteiger partial charge in [-0.2, -0.15) is 0 Å². The molecule has 1 unspecified atom stereocenters.